The topological polar surface area (TPSA) is 17.8 Å². The molecular weight excluding hydrogens is 276 g/mol. The van der Waals surface area contributed by atoms with E-state index >= 15 is 0 Å². The van der Waals surface area contributed by atoms with Crippen LogP contribution in [0.3, 0.4) is 0 Å². The Morgan fingerprint density at radius 1 is 1.05 bits per heavy atom. The summed E-state index contributed by atoms with van der Waals surface area (Å²) in [6.45, 7) is 0.865. The number of thioether (sulfide) groups is 1. The normalized spacial score (nSPS) is 15.0. The number of nitrogens with zero attached hydrogens (tertiary/aromatic N) is 2. The van der Waals surface area contributed by atoms with Crippen LogP contribution in [-0.4, -0.2) is 9.55 Å². The van der Waals surface area contributed by atoms with Crippen LogP contribution in [0, 0.1) is 11.8 Å². The first kappa shape index (κ1) is 12.3. The molecule has 0 N–H and O–H groups in total. The molecule has 2 nitrogen and oxygen atoms in total. The van der Waals surface area contributed by atoms with Crippen LogP contribution in [0.2, 0.25) is 0 Å². The number of hydrogen-bond acceptors (Lipinski definition) is 2. The summed E-state index contributed by atoms with van der Waals surface area (Å²) in [5, 5.41) is 1.06. The van der Waals surface area contributed by atoms with E-state index in [9.17, 15) is 0 Å². The van der Waals surface area contributed by atoms with Gasteiger partial charge in [-0.25, -0.2) is 4.98 Å². The summed E-state index contributed by atoms with van der Waals surface area (Å²) in [4.78, 5) is 5.89. The fraction of sp³-hybridized carbons (Fsp3) is 0.0556. The van der Waals surface area contributed by atoms with Gasteiger partial charge in [-0.2, -0.15) is 0 Å². The maximum atomic E-state index is 4.65. The second-order valence-electron chi connectivity index (χ2n) is 4.82. The van der Waals surface area contributed by atoms with Crippen molar-refractivity contribution in [2.24, 2.45) is 0 Å². The zero-order chi connectivity index (χ0) is 14.1. The number of hydrogen-bond donors (Lipinski definition) is 0. The van der Waals surface area contributed by atoms with E-state index in [1.807, 2.05) is 42.5 Å². The lowest BCUT2D eigenvalue weighted by Gasteiger charge is -1.96. The Labute approximate surface area is 127 Å². The third kappa shape index (κ3) is 2.35. The predicted molar refractivity (Wildman–Crippen MR) is 87.0 cm³/mol. The molecule has 4 rings (SSSR count). The van der Waals surface area contributed by atoms with Gasteiger partial charge in [0.25, 0.3) is 0 Å². The minimum atomic E-state index is 0.865. The van der Waals surface area contributed by atoms with Crippen molar-refractivity contribution in [1.29, 1.82) is 0 Å². The fourth-order valence-corrected chi connectivity index (χ4v) is 3.35. The lowest BCUT2D eigenvalue weighted by Crippen LogP contribution is -1.91. The molecule has 100 valence electrons. The maximum Gasteiger partial charge on any atom is 0.174 e. The Morgan fingerprint density at radius 2 is 1.86 bits per heavy atom. The average Bonchev–Trinajstić information content (AvgIpc) is 3.05. The van der Waals surface area contributed by atoms with Crippen LogP contribution in [0.25, 0.3) is 11.0 Å². The molecular formula is C18H12N2S. The number of aromatic nitrogens is 2. The lowest BCUT2D eigenvalue weighted by atomic mass is 10.2. The van der Waals surface area contributed by atoms with E-state index in [4.69, 9.17) is 0 Å². The van der Waals surface area contributed by atoms with Gasteiger partial charge in [0.2, 0.25) is 0 Å². The van der Waals surface area contributed by atoms with E-state index in [0.29, 0.717) is 0 Å². The first-order valence-electron chi connectivity index (χ1n) is 6.79. The smallest absolute Gasteiger partial charge is 0.174 e. The van der Waals surface area contributed by atoms with E-state index in [1.165, 1.54) is 10.4 Å². The van der Waals surface area contributed by atoms with Gasteiger partial charge >= 0.3 is 0 Å². The monoisotopic (exact) mass is 288 g/mol. The molecule has 0 unspecified atom stereocenters. The fourth-order valence-electron chi connectivity index (χ4n) is 2.39. The summed E-state index contributed by atoms with van der Waals surface area (Å²) in [6.07, 6.45) is 2.00. The molecule has 0 amide bonds. The second-order valence-corrected chi connectivity index (χ2v) is 5.91. The molecule has 0 atom stereocenters. The van der Waals surface area contributed by atoms with Crippen LogP contribution >= 0.6 is 11.8 Å². The van der Waals surface area contributed by atoms with Gasteiger partial charge in [-0.05, 0) is 24.3 Å². The van der Waals surface area contributed by atoms with Gasteiger partial charge in [0, 0.05) is 16.5 Å². The molecule has 0 bridgehead atoms. The average molecular weight is 288 g/mol. The minimum Gasteiger partial charge on any atom is -0.314 e. The number of fused-ring (bicyclic) bond motifs is 3. The molecule has 0 spiro atoms. The van der Waals surface area contributed by atoms with E-state index in [2.05, 4.69) is 39.6 Å². The summed E-state index contributed by atoms with van der Waals surface area (Å²) in [6, 6.07) is 18.3. The molecule has 21 heavy (non-hydrogen) atoms. The van der Waals surface area contributed by atoms with Gasteiger partial charge in [0.15, 0.2) is 5.16 Å². The number of imidazole rings is 1. The van der Waals surface area contributed by atoms with Gasteiger partial charge in [-0.1, -0.05) is 53.9 Å². The number of rotatable bonds is 0. The van der Waals surface area contributed by atoms with Crippen molar-refractivity contribution in [3.05, 3.63) is 71.1 Å². The third-order valence-corrected chi connectivity index (χ3v) is 4.38. The van der Waals surface area contributed by atoms with E-state index in [1.54, 1.807) is 11.8 Å². The summed E-state index contributed by atoms with van der Waals surface area (Å²) in [7, 11) is 0. The molecule has 2 aromatic carbocycles. The SMILES string of the molecule is C(#Cc1ccccc1)/C=C1\Cn2c(nc3ccccc32)S1. The van der Waals surface area contributed by atoms with Gasteiger partial charge in [-0.15, -0.1) is 0 Å². The van der Waals surface area contributed by atoms with Crippen molar-refractivity contribution >= 4 is 22.8 Å². The molecule has 1 aliphatic rings. The highest BCUT2D eigenvalue weighted by Crippen LogP contribution is 2.37. The highest BCUT2D eigenvalue weighted by molar-refractivity contribution is 8.03. The Bertz CT molecular complexity index is 895. The Balaban J connectivity index is 1.60. The molecule has 1 aliphatic heterocycles. The first-order chi connectivity index (χ1) is 10.4. The second kappa shape index (κ2) is 5.16. The van der Waals surface area contributed by atoms with Gasteiger partial charge in [0.05, 0.1) is 17.6 Å². The van der Waals surface area contributed by atoms with Crippen molar-refractivity contribution < 1.29 is 0 Å². The quantitative estimate of drug-likeness (QED) is 0.580. The zero-order valence-corrected chi connectivity index (χ0v) is 12.1. The third-order valence-electron chi connectivity index (χ3n) is 3.38. The van der Waals surface area contributed by atoms with Crippen LogP contribution in [0.15, 0.2) is 70.7 Å². The first-order valence-corrected chi connectivity index (χ1v) is 7.60. The zero-order valence-electron chi connectivity index (χ0n) is 11.3. The highest BCUT2D eigenvalue weighted by atomic mass is 32.2. The van der Waals surface area contributed by atoms with E-state index < -0.39 is 0 Å². The lowest BCUT2D eigenvalue weighted by molar-refractivity contribution is 0.768. The standard InChI is InChI=1S/C18H12N2S/c1-2-7-14(8-3-1)9-6-10-15-13-20-17-12-5-4-11-16(17)19-18(20)21-15/h1-5,7-8,10-12H,13H2/b15-10+. The minimum absolute atomic E-state index is 0.865. The molecule has 1 aromatic heterocycles. The summed E-state index contributed by atoms with van der Waals surface area (Å²) in [5.74, 6) is 6.30. The van der Waals surface area contributed by atoms with Crippen molar-refractivity contribution in [1.82, 2.24) is 9.55 Å². The van der Waals surface area contributed by atoms with Gasteiger partial charge in [0.1, 0.15) is 0 Å². The van der Waals surface area contributed by atoms with Crippen molar-refractivity contribution in [2.75, 3.05) is 0 Å². The van der Waals surface area contributed by atoms with E-state index in [-0.39, 0.29) is 0 Å². The van der Waals surface area contributed by atoms with Crippen LogP contribution < -0.4 is 0 Å². The summed E-state index contributed by atoms with van der Waals surface area (Å²) in [5.41, 5.74) is 3.30. The van der Waals surface area contributed by atoms with Gasteiger partial charge in [-0.3, -0.25) is 0 Å². The molecule has 2 heterocycles. The maximum absolute atomic E-state index is 4.65. The van der Waals surface area contributed by atoms with Gasteiger partial charge < -0.3 is 4.57 Å². The van der Waals surface area contributed by atoms with Crippen LogP contribution in [-0.2, 0) is 6.54 Å². The molecule has 0 saturated carbocycles. The van der Waals surface area contributed by atoms with Crippen molar-refractivity contribution in [3.8, 4) is 11.8 Å². The Kier molecular flexibility index (Phi) is 3.02. The molecule has 0 aliphatic carbocycles. The largest absolute Gasteiger partial charge is 0.314 e. The summed E-state index contributed by atoms with van der Waals surface area (Å²) < 4.78 is 2.25. The summed E-state index contributed by atoms with van der Waals surface area (Å²) >= 11 is 1.71. The van der Waals surface area contributed by atoms with Crippen molar-refractivity contribution in [2.45, 2.75) is 11.7 Å². The molecule has 0 saturated heterocycles. The van der Waals surface area contributed by atoms with Crippen LogP contribution in [0.5, 0.6) is 0 Å². The Morgan fingerprint density at radius 3 is 2.76 bits per heavy atom. The van der Waals surface area contributed by atoms with Crippen molar-refractivity contribution in [3.63, 3.8) is 0 Å². The number of benzene rings is 2. The van der Waals surface area contributed by atoms with Crippen LogP contribution in [0.4, 0.5) is 0 Å². The number of para-hydroxylation sites is 2. The van der Waals surface area contributed by atoms with E-state index in [0.717, 1.165) is 22.8 Å². The number of allylic oxidation sites excluding steroid dienone is 2. The van der Waals surface area contributed by atoms with Crippen LogP contribution in [0.1, 0.15) is 5.56 Å². The molecule has 3 heteroatoms. The predicted octanol–water partition coefficient (Wildman–Crippen LogP) is 4.08. The Hall–Kier alpha value is -2.44. The highest BCUT2D eigenvalue weighted by Gasteiger charge is 2.20. The molecule has 0 fully saturated rings. The molecule has 3 aromatic rings. The molecule has 0 radical (unpaired) electrons.